The van der Waals surface area contributed by atoms with Gasteiger partial charge in [0.15, 0.2) is 29.1 Å². The van der Waals surface area contributed by atoms with E-state index in [1.54, 1.807) is 0 Å². The lowest BCUT2D eigenvalue weighted by Gasteiger charge is -2.18. The van der Waals surface area contributed by atoms with Crippen molar-refractivity contribution in [1.29, 1.82) is 0 Å². The molecule has 1 aliphatic rings. The molecule has 1 aliphatic heterocycles. The highest BCUT2D eigenvalue weighted by Crippen LogP contribution is 2.49. The predicted molar refractivity (Wildman–Crippen MR) is 126 cm³/mol. The van der Waals surface area contributed by atoms with Crippen molar-refractivity contribution >= 4 is 33.5 Å². The normalized spacial score (nSPS) is 15.6. The maximum absolute atomic E-state index is 15.0. The summed E-state index contributed by atoms with van der Waals surface area (Å²) < 4.78 is 127. The highest BCUT2D eigenvalue weighted by atomic mass is 32.2. The number of amides is 1. The van der Waals surface area contributed by atoms with E-state index in [0.29, 0.717) is 15.8 Å². The first-order chi connectivity index (χ1) is 18.4. The Labute approximate surface area is 219 Å². The summed E-state index contributed by atoms with van der Waals surface area (Å²) in [5, 5.41) is 4.43. The molecule has 1 atom stereocenters. The second-order valence-electron chi connectivity index (χ2n) is 8.14. The Balaban J connectivity index is 1.87. The van der Waals surface area contributed by atoms with Gasteiger partial charge in [-0.05, 0) is 48.5 Å². The molecular formula is C24H12F7N3O3S2. The Morgan fingerprint density at radius 3 is 1.85 bits per heavy atom. The van der Waals surface area contributed by atoms with E-state index in [-0.39, 0.29) is 11.3 Å². The molecule has 0 fully saturated rings. The monoisotopic (exact) mass is 587 g/mol. The second kappa shape index (κ2) is 9.72. The van der Waals surface area contributed by atoms with Crippen LogP contribution in [-0.4, -0.2) is 29.3 Å². The zero-order valence-electron chi connectivity index (χ0n) is 19.0. The van der Waals surface area contributed by atoms with E-state index < -0.39 is 89.5 Å². The maximum Gasteiger partial charge on any atom is 0.284 e. The van der Waals surface area contributed by atoms with Crippen molar-refractivity contribution in [2.45, 2.75) is 10.1 Å². The molecule has 1 amide bonds. The van der Waals surface area contributed by atoms with Crippen LogP contribution in [-0.2, 0) is 14.8 Å². The number of benzene rings is 3. The number of halogens is 7. The Bertz CT molecular complexity index is 1710. The molecule has 0 saturated carbocycles. The van der Waals surface area contributed by atoms with Gasteiger partial charge in [-0.25, -0.2) is 30.7 Å². The lowest BCUT2D eigenvalue weighted by molar-refractivity contribution is -0.113. The molecule has 4 aromatic rings. The third-order valence-corrected chi connectivity index (χ3v) is 8.58. The number of thioether (sulfide) groups is 1. The Kier molecular flexibility index (Phi) is 6.66. The number of aromatic nitrogens is 2. The van der Waals surface area contributed by atoms with E-state index >= 15 is 0 Å². The molecule has 0 bridgehead atoms. The van der Waals surface area contributed by atoms with Gasteiger partial charge in [-0.15, -0.1) is 15.8 Å². The fraction of sp³-hybridized carbons (Fsp3) is 0.0833. The first-order valence-corrected chi connectivity index (χ1v) is 13.2. The molecule has 5 rings (SSSR count). The van der Waals surface area contributed by atoms with E-state index in [0.717, 1.165) is 48.5 Å². The van der Waals surface area contributed by atoms with Crippen LogP contribution in [0.2, 0.25) is 0 Å². The van der Waals surface area contributed by atoms with Crippen molar-refractivity contribution in [3.8, 4) is 11.3 Å². The lowest BCUT2D eigenvalue weighted by atomic mass is 9.98. The third kappa shape index (κ3) is 4.44. The van der Waals surface area contributed by atoms with Crippen LogP contribution in [0.25, 0.3) is 11.3 Å². The van der Waals surface area contributed by atoms with Crippen LogP contribution in [0.15, 0.2) is 53.4 Å². The largest absolute Gasteiger partial charge is 0.309 e. The minimum atomic E-state index is -4.74. The van der Waals surface area contributed by atoms with Gasteiger partial charge in [-0.1, -0.05) is 0 Å². The Morgan fingerprint density at radius 2 is 1.28 bits per heavy atom. The van der Waals surface area contributed by atoms with Crippen LogP contribution in [0.4, 0.5) is 36.6 Å². The maximum atomic E-state index is 15.0. The average Bonchev–Trinajstić information content (AvgIpc) is 3.19. The van der Waals surface area contributed by atoms with Crippen LogP contribution in [0.5, 0.6) is 0 Å². The van der Waals surface area contributed by atoms with E-state index in [1.807, 2.05) is 0 Å². The fourth-order valence-corrected chi connectivity index (χ4v) is 6.37. The Morgan fingerprint density at radius 1 is 0.769 bits per heavy atom. The van der Waals surface area contributed by atoms with Crippen molar-refractivity contribution in [3.05, 3.63) is 100 Å². The van der Waals surface area contributed by atoms with Crippen molar-refractivity contribution in [1.82, 2.24) is 9.19 Å². The van der Waals surface area contributed by atoms with Gasteiger partial charge in [0.2, 0.25) is 11.7 Å². The number of hydrogen-bond acceptors (Lipinski definition) is 5. The number of carbonyl (C=O) groups is 1. The molecule has 0 aliphatic carbocycles. The molecule has 6 nitrogen and oxygen atoms in total. The van der Waals surface area contributed by atoms with Gasteiger partial charge in [0.05, 0.1) is 15.9 Å². The molecule has 39 heavy (non-hydrogen) atoms. The van der Waals surface area contributed by atoms with E-state index in [2.05, 4.69) is 10.4 Å². The molecule has 1 aromatic heterocycles. The van der Waals surface area contributed by atoms with E-state index in [1.165, 1.54) is 0 Å². The van der Waals surface area contributed by atoms with Crippen LogP contribution in [0.3, 0.4) is 0 Å². The minimum absolute atomic E-state index is 0.00803. The smallest absolute Gasteiger partial charge is 0.284 e. The molecule has 202 valence electrons. The van der Waals surface area contributed by atoms with Gasteiger partial charge in [0, 0.05) is 16.7 Å². The standard InChI is InChI=1S/C24H12F7N3O3S2/c25-11-3-1-10(2-4-11)22-16-23(15-17(27)19(29)21(31)20(30)18(15)28)38-9-14(35)32-24(16)34(33-22)39(36,37)13-7-5-12(26)6-8-13/h1-8,23H,9H2,(H,32,35). The third-order valence-electron chi connectivity index (χ3n) is 5.76. The number of anilines is 1. The molecule has 3 aromatic carbocycles. The molecule has 1 unspecified atom stereocenters. The van der Waals surface area contributed by atoms with Gasteiger partial charge < -0.3 is 5.32 Å². The number of nitrogens with one attached hydrogen (secondary N) is 1. The SMILES string of the molecule is O=C1CSC(c2c(F)c(F)c(F)c(F)c2F)c2c(-c3ccc(F)cc3)nn(S(=O)(=O)c3ccc(F)cc3)c2N1. The molecule has 2 heterocycles. The lowest BCUT2D eigenvalue weighted by Crippen LogP contribution is -2.21. The van der Waals surface area contributed by atoms with Gasteiger partial charge in [0.1, 0.15) is 17.3 Å². The molecule has 15 heteroatoms. The number of carbonyl (C=O) groups excluding carboxylic acids is 1. The summed E-state index contributed by atoms with van der Waals surface area (Å²) in [4.78, 5) is 12.1. The summed E-state index contributed by atoms with van der Waals surface area (Å²) in [7, 11) is -4.74. The zero-order chi connectivity index (χ0) is 28.2. The Hall–Kier alpha value is -3.85. The molecule has 1 N–H and O–H groups in total. The van der Waals surface area contributed by atoms with Gasteiger partial charge in [-0.2, -0.15) is 13.5 Å². The average molecular weight is 587 g/mol. The van der Waals surface area contributed by atoms with Crippen LogP contribution >= 0.6 is 11.8 Å². The minimum Gasteiger partial charge on any atom is -0.309 e. The van der Waals surface area contributed by atoms with Crippen LogP contribution in [0.1, 0.15) is 16.4 Å². The first kappa shape index (κ1) is 26.7. The van der Waals surface area contributed by atoms with Crippen molar-refractivity contribution in [3.63, 3.8) is 0 Å². The molecule has 0 saturated heterocycles. The van der Waals surface area contributed by atoms with Crippen LogP contribution < -0.4 is 5.32 Å². The molecule has 0 radical (unpaired) electrons. The van der Waals surface area contributed by atoms with Gasteiger partial charge in [-0.3, -0.25) is 4.79 Å². The highest BCUT2D eigenvalue weighted by molar-refractivity contribution is 8.00. The highest BCUT2D eigenvalue weighted by Gasteiger charge is 2.40. The summed E-state index contributed by atoms with van der Waals surface area (Å²) in [5.41, 5.74) is -2.13. The number of rotatable bonds is 4. The summed E-state index contributed by atoms with van der Waals surface area (Å²) in [6.45, 7) is 0. The molecular weight excluding hydrogens is 575 g/mol. The van der Waals surface area contributed by atoms with Crippen molar-refractivity contribution < 1.29 is 43.9 Å². The van der Waals surface area contributed by atoms with Gasteiger partial charge in [0.25, 0.3) is 10.0 Å². The van der Waals surface area contributed by atoms with E-state index in [4.69, 9.17) is 0 Å². The van der Waals surface area contributed by atoms with Crippen molar-refractivity contribution in [2.75, 3.05) is 11.1 Å². The summed E-state index contributed by atoms with van der Waals surface area (Å²) >= 11 is 0.454. The number of fused-ring (bicyclic) bond motifs is 1. The van der Waals surface area contributed by atoms with Gasteiger partial charge >= 0.3 is 0 Å². The number of nitrogens with zero attached hydrogens (tertiary/aromatic N) is 2. The van der Waals surface area contributed by atoms with Crippen LogP contribution in [0, 0.1) is 40.7 Å². The predicted octanol–water partition coefficient (Wildman–Crippen LogP) is 5.54. The quantitative estimate of drug-likeness (QED) is 0.193. The summed E-state index contributed by atoms with van der Waals surface area (Å²) in [5.74, 6) is -14.9. The first-order valence-electron chi connectivity index (χ1n) is 10.7. The topological polar surface area (TPSA) is 81.1 Å². The fourth-order valence-electron chi connectivity index (χ4n) is 3.96. The number of hydrogen-bond donors (Lipinski definition) is 1. The summed E-state index contributed by atoms with van der Waals surface area (Å²) in [6, 6.07) is 7.66. The van der Waals surface area contributed by atoms with E-state index in [9.17, 15) is 43.9 Å². The van der Waals surface area contributed by atoms with Crippen molar-refractivity contribution in [2.24, 2.45) is 0 Å². The summed E-state index contributed by atoms with van der Waals surface area (Å²) in [6.07, 6.45) is 0. The second-order valence-corrected chi connectivity index (χ2v) is 11.0. The zero-order valence-corrected chi connectivity index (χ0v) is 20.6. The molecule has 0 spiro atoms.